The van der Waals surface area contributed by atoms with Gasteiger partial charge in [0.1, 0.15) is 5.75 Å². The van der Waals surface area contributed by atoms with Crippen molar-refractivity contribution in [1.29, 1.82) is 0 Å². The Bertz CT molecular complexity index is 970. The molecule has 0 aromatic heterocycles. The summed E-state index contributed by atoms with van der Waals surface area (Å²) in [5.41, 5.74) is 1.26. The Balaban J connectivity index is 2.50. The number of rotatable bonds is 8. The number of carbonyl (C=O) groups excluding carboxylic acids is 3. The number of methoxy groups -OCH3 is 1. The van der Waals surface area contributed by atoms with Crippen molar-refractivity contribution in [3.8, 4) is 5.75 Å². The molecule has 0 fully saturated rings. The summed E-state index contributed by atoms with van der Waals surface area (Å²) in [7, 11) is 2.88. The first-order valence-electron chi connectivity index (χ1n) is 8.45. The van der Waals surface area contributed by atoms with Gasteiger partial charge in [0.25, 0.3) is 18.3 Å². The fraction of sp³-hybridized carbons (Fsp3) is 0.200. The first-order chi connectivity index (χ1) is 13.8. The molecule has 0 aliphatic carbocycles. The third-order valence-corrected chi connectivity index (χ3v) is 3.95. The van der Waals surface area contributed by atoms with Crippen LogP contribution in [0.15, 0.2) is 30.3 Å². The Morgan fingerprint density at radius 2 is 1.76 bits per heavy atom. The van der Waals surface area contributed by atoms with Crippen molar-refractivity contribution < 1.29 is 33.8 Å². The average Bonchev–Trinajstić information content (AvgIpc) is 2.66. The van der Waals surface area contributed by atoms with Crippen molar-refractivity contribution in [3.05, 3.63) is 58.1 Å². The normalized spacial score (nSPS) is 10.2. The number of aromatic carboxylic acids is 1. The highest BCUT2D eigenvalue weighted by atomic mass is 16.5. The summed E-state index contributed by atoms with van der Waals surface area (Å²) in [6.07, 6.45) is 0. The van der Waals surface area contributed by atoms with Crippen LogP contribution in [0.25, 0.3) is 0 Å². The van der Waals surface area contributed by atoms with E-state index in [1.165, 1.54) is 7.05 Å². The molecule has 2 amide bonds. The Morgan fingerprint density at radius 3 is 2.34 bits per heavy atom. The van der Waals surface area contributed by atoms with Crippen LogP contribution in [-0.4, -0.2) is 43.5 Å². The van der Waals surface area contributed by atoms with Gasteiger partial charge in [-0.3, -0.25) is 14.4 Å². The van der Waals surface area contributed by atoms with Crippen molar-refractivity contribution in [2.75, 3.05) is 19.5 Å². The van der Waals surface area contributed by atoms with Crippen LogP contribution in [0.1, 0.15) is 42.2 Å². The van der Waals surface area contributed by atoms with Crippen molar-refractivity contribution in [2.24, 2.45) is 0 Å². The maximum absolute atomic E-state index is 12.8. The predicted octanol–water partition coefficient (Wildman–Crippen LogP) is 1.99. The number of carboxylic acids is 1. The summed E-state index contributed by atoms with van der Waals surface area (Å²) < 4.78 is 9.86. The Morgan fingerprint density at radius 1 is 1.03 bits per heavy atom. The van der Waals surface area contributed by atoms with E-state index in [9.17, 15) is 24.3 Å². The summed E-state index contributed by atoms with van der Waals surface area (Å²) >= 11 is 0. The van der Waals surface area contributed by atoms with Gasteiger partial charge in [0, 0.05) is 19.8 Å². The Kier molecular flexibility index (Phi) is 7.05. The van der Waals surface area contributed by atoms with E-state index >= 15 is 0 Å². The Labute approximate surface area is 166 Å². The van der Waals surface area contributed by atoms with E-state index in [0.29, 0.717) is 12.3 Å². The number of amides is 2. The molecule has 0 atom stereocenters. The molecule has 0 unspecified atom stereocenters. The highest BCUT2D eigenvalue weighted by Crippen LogP contribution is 2.26. The van der Waals surface area contributed by atoms with Gasteiger partial charge in [0.2, 0.25) is 0 Å². The summed E-state index contributed by atoms with van der Waals surface area (Å²) in [6.45, 7) is 2.26. The average molecular weight is 400 g/mol. The van der Waals surface area contributed by atoms with Gasteiger partial charge >= 0.3 is 5.97 Å². The minimum Gasteiger partial charge on any atom is -0.478 e. The lowest BCUT2D eigenvalue weighted by Gasteiger charge is -2.13. The number of aryl methyl sites for hydroxylation is 1. The van der Waals surface area contributed by atoms with Crippen molar-refractivity contribution in [3.63, 3.8) is 0 Å². The second kappa shape index (κ2) is 9.47. The minimum absolute atomic E-state index is 0.0848. The van der Waals surface area contributed by atoms with Gasteiger partial charge in [-0.1, -0.05) is 6.07 Å². The summed E-state index contributed by atoms with van der Waals surface area (Å²) in [4.78, 5) is 47.2. The zero-order valence-electron chi connectivity index (χ0n) is 16.1. The molecule has 0 aliphatic rings. The van der Waals surface area contributed by atoms with Gasteiger partial charge in [-0.05, 0) is 42.3 Å². The number of nitrogens with one attached hydrogen (secondary N) is 2. The molecule has 152 valence electrons. The quantitative estimate of drug-likeness (QED) is 0.578. The van der Waals surface area contributed by atoms with Crippen LogP contribution in [0, 0.1) is 6.92 Å². The van der Waals surface area contributed by atoms with Gasteiger partial charge in [-0.25, -0.2) is 4.79 Å². The highest BCUT2D eigenvalue weighted by molar-refractivity contribution is 6.12. The van der Waals surface area contributed by atoms with E-state index in [2.05, 4.69) is 10.6 Å². The number of benzene rings is 2. The summed E-state index contributed by atoms with van der Waals surface area (Å²) in [5, 5.41) is 14.4. The number of carbonyl (C=O) groups is 4. The summed E-state index contributed by atoms with van der Waals surface area (Å²) in [5.74, 6) is -3.06. The first kappa shape index (κ1) is 21.6. The molecule has 0 aliphatic heterocycles. The molecule has 29 heavy (non-hydrogen) atoms. The van der Waals surface area contributed by atoms with Gasteiger partial charge in [0.15, 0.2) is 0 Å². The second-order valence-corrected chi connectivity index (χ2v) is 6.09. The molecule has 3 N–H and O–H groups in total. The van der Waals surface area contributed by atoms with Crippen LogP contribution in [0.4, 0.5) is 5.69 Å². The van der Waals surface area contributed by atoms with Crippen LogP contribution >= 0.6 is 0 Å². The molecule has 9 heteroatoms. The molecule has 2 rings (SSSR count). The van der Waals surface area contributed by atoms with Crippen LogP contribution in [0.5, 0.6) is 5.75 Å². The molecule has 2 aromatic carbocycles. The third-order valence-electron chi connectivity index (χ3n) is 3.95. The van der Waals surface area contributed by atoms with Crippen LogP contribution in [0.2, 0.25) is 0 Å². The standard InChI is InChI=1S/C20H20N2O7/c1-11-4-12(9-28-3)6-13(5-11)22-19(25)14-8-17(29-10-23)16(18(24)21-2)7-15(14)20(26)27/h4-8,10H,9H2,1-3H3,(H,21,24)(H,22,25)(H,26,27). The molecular weight excluding hydrogens is 380 g/mol. The molecule has 0 radical (unpaired) electrons. The number of hydrogen-bond donors (Lipinski definition) is 3. The van der Waals surface area contributed by atoms with Crippen LogP contribution in [-0.2, 0) is 16.1 Å². The van der Waals surface area contributed by atoms with Gasteiger partial charge in [-0.15, -0.1) is 0 Å². The molecule has 0 spiro atoms. The molecule has 0 heterocycles. The van der Waals surface area contributed by atoms with Crippen LogP contribution < -0.4 is 15.4 Å². The lowest BCUT2D eigenvalue weighted by atomic mass is 10.0. The van der Waals surface area contributed by atoms with E-state index < -0.39 is 23.3 Å². The number of carboxylic acid groups (broad SMARTS) is 1. The Hall–Kier alpha value is -3.72. The minimum atomic E-state index is -1.41. The molecule has 0 saturated carbocycles. The molecular formula is C20H20N2O7. The number of hydrogen-bond acceptors (Lipinski definition) is 6. The maximum Gasteiger partial charge on any atom is 0.336 e. The topological polar surface area (TPSA) is 131 Å². The van der Waals surface area contributed by atoms with Crippen LogP contribution in [0.3, 0.4) is 0 Å². The second-order valence-electron chi connectivity index (χ2n) is 6.09. The maximum atomic E-state index is 12.8. The zero-order valence-corrected chi connectivity index (χ0v) is 16.1. The van der Waals surface area contributed by atoms with E-state index in [-0.39, 0.29) is 23.3 Å². The smallest absolute Gasteiger partial charge is 0.336 e. The fourth-order valence-electron chi connectivity index (χ4n) is 2.79. The zero-order chi connectivity index (χ0) is 21.6. The van der Waals surface area contributed by atoms with E-state index in [1.54, 1.807) is 19.2 Å². The first-order valence-corrected chi connectivity index (χ1v) is 8.45. The summed E-state index contributed by atoms with van der Waals surface area (Å²) in [6, 6.07) is 7.32. The van der Waals surface area contributed by atoms with Gasteiger partial charge in [-0.2, -0.15) is 0 Å². The van der Waals surface area contributed by atoms with Crippen molar-refractivity contribution >= 4 is 29.9 Å². The molecule has 9 nitrogen and oxygen atoms in total. The monoisotopic (exact) mass is 400 g/mol. The highest BCUT2D eigenvalue weighted by Gasteiger charge is 2.23. The van der Waals surface area contributed by atoms with Gasteiger partial charge in [0.05, 0.1) is 23.3 Å². The van der Waals surface area contributed by atoms with Crippen molar-refractivity contribution in [2.45, 2.75) is 13.5 Å². The van der Waals surface area contributed by atoms with Crippen molar-refractivity contribution in [1.82, 2.24) is 5.32 Å². The third kappa shape index (κ3) is 5.17. The van der Waals surface area contributed by atoms with E-state index in [4.69, 9.17) is 9.47 Å². The van der Waals surface area contributed by atoms with Gasteiger partial charge < -0.3 is 25.2 Å². The van der Waals surface area contributed by atoms with E-state index in [1.807, 2.05) is 13.0 Å². The molecule has 0 bridgehead atoms. The SMILES string of the molecule is CNC(=O)c1cc(C(=O)O)c(C(=O)Nc2cc(C)cc(COC)c2)cc1OC=O. The molecule has 2 aromatic rings. The largest absolute Gasteiger partial charge is 0.478 e. The van der Waals surface area contributed by atoms with E-state index in [0.717, 1.165) is 23.3 Å². The lowest BCUT2D eigenvalue weighted by molar-refractivity contribution is -0.120. The fourth-order valence-corrected chi connectivity index (χ4v) is 2.79. The predicted molar refractivity (Wildman–Crippen MR) is 103 cm³/mol. The number of ether oxygens (including phenoxy) is 2. The number of anilines is 1. The lowest BCUT2D eigenvalue weighted by Crippen LogP contribution is -2.22. The molecule has 0 saturated heterocycles.